The van der Waals surface area contributed by atoms with Crippen LogP contribution in [0.4, 0.5) is 4.79 Å². The number of nitrogens with zero attached hydrogens (tertiary/aromatic N) is 4. The summed E-state index contributed by atoms with van der Waals surface area (Å²) >= 11 is 0. The van der Waals surface area contributed by atoms with E-state index >= 15 is 0 Å². The van der Waals surface area contributed by atoms with Crippen molar-refractivity contribution in [2.75, 3.05) is 60.0 Å². The molecule has 1 amide bonds. The minimum Gasteiger partial charge on any atom is -0.468 e. The molecule has 0 aromatic carbocycles. The lowest BCUT2D eigenvalue weighted by Gasteiger charge is -2.36. The van der Waals surface area contributed by atoms with Crippen molar-refractivity contribution in [3.8, 4) is 0 Å². The molecule has 0 saturated carbocycles. The van der Waals surface area contributed by atoms with Gasteiger partial charge in [-0.2, -0.15) is 0 Å². The molecule has 146 valence electrons. The molecule has 1 aromatic heterocycles. The number of furan rings is 1. The van der Waals surface area contributed by atoms with E-state index in [9.17, 15) is 4.79 Å². The van der Waals surface area contributed by atoms with E-state index < -0.39 is 0 Å². The van der Waals surface area contributed by atoms with Gasteiger partial charge in [0.2, 0.25) is 0 Å². The lowest BCUT2D eigenvalue weighted by atomic mass is 10.2. The van der Waals surface area contributed by atoms with E-state index in [-0.39, 0.29) is 12.1 Å². The van der Waals surface area contributed by atoms with Crippen LogP contribution in [-0.2, 0) is 4.74 Å². The fourth-order valence-electron chi connectivity index (χ4n) is 2.90. The van der Waals surface area contributed by atoms with Crippen molar-refractivity contribution in [2.45, 2.75) is 19.9 Å². The van der Waals surface area contributed by atoms with Gasteiger partial charge >= 0.3 is 6.09 Å². The molecule has 1 N–H and O–H groups in total. The Bertz CT molecular complexity index is 565. The molecule has 1 unspecified atom stereocenters. The Kier molecular flexibility index (Phi) is 7.77. The minimum absolute atomic E-state index is 0.0828. The molecular weight excluding hydrogens is 334 g/mol. The zero-order valence-electron chi connectivity index (χ0n) is 16.3. The van der Waals surface area contributed by atoms with Crippen LogP contribution in [0.3, 0.4) is 0 Å². The van der Waals surface area contributed by atoms with Gasteiger partial charge in [0.15, 0.2) is 5.96 Å². The molecule has 0 aliphatic carbocycles. The fraction of sp³-hybridized carbons (Fsp3) is 0.667. The first kappa shape index (κ1) is 20.1. The third-order valence-electron chi connectivity index (χ3n) is 4.35. The number of piperazine rings is 1. The lowest BCUT2D eigenvalue weighted by molar-refractivity contribution is 0.0914. The zero-order valence-corrected chi connectivity index (χ0v) is 16.3. The quantitative estimate of drug-likeness (QED) is 0.610. The topological polar surface area (TPSA) is 73.6 Å². The van der Waals surface area contributed by atoms with E-state index in [0.717, 1.165) is 31.4 Å². The first-order chi connectivity index (χ1) is 12.6. The molecule has 1 aliphatic rings. The van der Waals surface area contributed by atoms with E-state index in [4.69, 9.17) is 14.1 Å². The number of hydrogen-bond acceptors (Lipinski definition) is 5. The van der Waals surface area contributed by atoms with Gasteiger partial charge in [-0.15, -0.1) is 0 Å². The van der Waals surface area contributed by atoms with Crippen LogP contribution in [0.2, 0.25) is 0 Å². The second-order valence-corrected chi connectivity index (χ2v) is 6.36. The zero-order chi connectivity index (χ0) is 18.9. The summed E-state index contributed by atoms with van der Waals surface area (Å²) in [5.74, 6) is 1.77. The maximum Gasteiger partial charge on any atom is 0.409 e. The third-order valence-corrected chi connectivity index (χ3v) is 4.35. The van der Waals surface area contributed by atoms with Gasteiger partial charge < -0.3 is 24.3 Å². The summed E-state index contributed by atoms with van der Waals surface area (Å²) in [6.45, 7) is 8.42. The highest BCUT2D eigenvalue weighted by Crippen LogP contribution is 2.19. The molecule has 1 atom stereocenters. The Balaban J connectivity index is 1.99. The average molecular weight is 365 g/mol. The maximum absolute atomic E-state index is 11.8. The third kappa shape index (κ3) is 5.39. The van der Waals surface area contributed by atoms with Crippen LogP contribution in [0, 0.1) is 0 Å². The van der Waals surface area contributed by atoms with E-state index in [1.54, 1.807) is 11.2 Å². The minimum atomic E-state index is -0.236. The normalized spacial score (nSPS) is 16.7. The van der Waals surface area contributed by atoms with Gasteiger partial charge in [-0.25, -0.2) is 4.79 Å². The Morgan fingerprint density at radius 3 is 2.54 bits per heavy atom. The maximum atomic E-state index is 11.8. The number of hydrogen-bond donors (Lipinski definition) is 1. The van der Waals surface area contributed by atoms with Gasteiger partial charge in [0, 0.05) is 32.7 Å². The Hall–Kier alpha value is -2.22. The van der Waals surface area contributed by atoms with Crippen LogP contribution in [0.5, 0.6) is 0 Å². The lowest BCUT2D eigenvalue weighted by Crippen LogP contribution is -2.54. The molecule has 1 aliphatic heterocycles. The number of guanidine groups is 1. The predicted molar refractivity (Wildman–Crippen MR) is 101 cm³/mol. The Morgan fingerprint density at radius 2 is 2.00 bits per heavy atom. The van der Waals surface area contributed by atoms with Crippen molar-refractivity contribution in [3.63, 3.8) is 0 Å². The molecule has 2 rings (SSSR count). The average Bonchev–Trinajstić information content (AvgIpc) is 3.15. The number of nitrogens with one attached hydrogen (secondary N) is 1. The summed E-state index contributed by atoms with van der Waals surface area (Å²) < 4.78 is 10.6. The monoisotopic (exact) mass is 365 g/mol. The van der Waals surface area contributed by atoms with Crippen LogP contribution in [0.25, 0.3) is 0 Å². The number of amides is 1. The van der Waals surface area contributed by atoms with Crippen molar-refractivity contribution >= 4 is 12.1 Å². The van der Waals surface area contributed by atoms with Crippen LogP contribution in [-0.4, -0.2) is 86.7 Å². The first-order valence-electron chi connectivity index (χ1n) is 9.21. The number of carbonyl (C=O) groups is 1. The molecule has 8 nitrogen and oxygen atoms in total. The molecule has 8 heteroatoms. The van der Waals surface area contributed by atoms with Crippen molar-refractivity contribution < 1.29 is 13.9 Å². The SMILES string of the molecule is CCNC(=NCC(c1ccco1)N(C)C)N1CCN(C(=O)OCC)CC1. The molecule has 1 aromatic rings. The van der Waals surface area contributed by atoms with Gasteiger partial charge in [-0.1, -0.05) is 0 Å². The van der Waals surface area contributed by atoms with Crippen LogP contribution < -0.4 is 5.32 Å². The standard InChI is InChI=1S/C18H31N5O3/c1-5-19-17(20-14-15(21(3)4)16-8-7-13-26-16)22-9-11-23(12-10-22)18(24)25-6-2/h7-8,13,15H,5-6,9-12,14H2,1-4H3,(H,19,20). The van der Waals surface area contributed by atoms with Crippen molar-refractivity contribution in [2.24, 2.45) is 4.99 Å². The summed E-state index contributed by atoms with van der Waals surface area (Å²) in [7, 11) is 4.04. The molecule has 26 heavy (non-hydrogen) atoms. The Labute approximate surface area is 155 Å². The summed E-state index contributed by atoms with van der Waals surface area (Å²) in [5, 5.41) is 3.35. The fourth-order valence-corrected chi connectivity index (χ4v) is 2.90. The summed E-state index contributed by atoms with van der Waals surface area (Å²) in [4.78, 5) is 22.7. The van der Waals surface area contributed by atoms with Crippen molar-refractivity contribution in [1.82, 2.24) is 20.0 Å². The number of ether oxygens (including phenoxy) is 1. The Morgan fingerprint density at radius 1 is 1.31 bits per heavy atom. The molecule has 2 heterocycles. The van der Waals surface area contributed by atoms with Gasteiger partial charge in [0.05, 0.1) is 25.5 Å². The smallest absolute Gasteiger partial charge is 0.409 e. The molecule has 1 fully saturated rings. The summed E-state index contributed by atoms with van der Waals surface area (Å²) in [6.07, 6.45) is 1.45. The van der Waals surface area contributed by atoms with Gasteiger partial charge in [-0.3, -0.25) is 9.89 Å². The predicted octanol–water partition coefficient (Wildman–Crippen LogP) is 1.62. The molecule has 0 bridgehead atoms. The number of likely N-dealkylation sites (N-methyl/N-ethyl adjacent to an activating group) is 1. The highest BCUT2D eigenvalue weighted by Gasteiger charge is 2.24. The van der Waals surface area contributed by atoms with Crippen molar-refractivity contribution in [3.05, 3.63) is 24.2 Å². The van der Waals surface area contributed by atoms with Crippen LogP contribution >= 0.6 is 0 Å². The van der Waals surface area contributed by atoms with E-state index in [0.29, 0.717) is 26.2 Å². The summed E-state index contributed by atoms with van der Waals surface area (Å²) in [6, 6.07) is 3.96. The second-order valence-electron chi connectivity index (χ2n) is 6.36. The van der Waals surface area contributed by atoms with E-state index in [1.165, 1.54) is 0 Å². The highest BCUT2D eigenvalue weighted by atomic mass is 16.6. The molecule has 1 saturated heterocycles. The number of aliphatic imine (C=N–C) groups is 1. The second kappa shape index (κ2) is 10.1. The highest BCUT2D eigenvalue weighted by molar-refractivity contribution is 5.80. The van der Waals surface area contributed by atoms with Gasteiger partial charge in [0.1, 0.15) is 5.76 Å². The van der Waals surface area contributed by atoms with Gasteiger partial charge in [-0.05, 0) is 40.1 Å². The van der Waals surface area contributed by atoms with E-state index in [1.807, 2.05) is 33.2 Å². The van der Waals surface area contributed by atoms with E-state index in [2.05, 4.69) is 22.0 Å². The summed E-state index contributed by atoms with van der Waals surface area (Å²) in [5.41, 5.74) is 0. The van der Waals surface area contributed by atoms with Gasteiger partial charge in [0.25, 0.3) is 0 Å². The molecular formula is C18H31N5O3. The largest absolute Gasteiger partial charge is 0.468 e. The van der Waals surface area contributed by atoms with Crippen LogP contribution in [0.1, 0.15) is 25.6 Å². The van der Waals surface area contributed by atoms with Crippen LogP contribution in [0.15, 0.2) is 27.8 Å². The number of carbonyl (C=O) groups excluding carboxylic acids is 1. The van der Waals surface area contributed by atoms with Crippen molar-refractivity contribution in [1.29, 1.82) is 0 Å². The molecule has 0 radical (unpaired) electrons. The molecule has 0 spiro atoms. The number of rotatable bonds is 6. The first-order valence-corrected chi connectivity index (χ1v) is 9.21.